The lowest BCUT2D eigenvalue weighted by Gasteiger charge is -2.18. The average Bonchev–Trinajstić information content (AvgIpc) is 2.98. The van der Waals surface area contributed by atoms with Crippen LogP contribution in [0.5, 0.6) is 0 Å². The Morgan fingerprint density at radius 2 is 2.04 bits per heavy atom. The van der Waals surface area contributed by atoms with Crippen LogP contribution in [0, 0.1) is 0 Å². The minimum Gasteiger partial charge on any atom is -0.478 e. The molecule has 1 aromatic heterocycles. The number of halogens is 1. The lowest BCUT2D eigenvalue weighted by atomic mass is 10.1. The number of carboxylic acids is 1. The number of amides is 1. The van der Waals surface area contributed by atoms with Gasteiger partial charge in [-0.25, -0.2) is 9.78 Å². The van der Waals surface area contributed by atoms with Crippen LogP contribution in [0.1, 0.15) is 26.9 Å². The number of thioether (sulfide) groups is 1. The molecular weight excluding hydrogens is 386 g/mol. The van der Waals surface area contributed by atoms with Gasteiger partial charge in [0.05, 0.1) is 22.3 Å². The van der Waals surface area contributed by atoms with Gasteiger partial charge >= 0.3 is 5.97 Å². The SMILES string of the molecule is O=C1CS[C@H](c2ccc(C(=O)O)cc2)c2c(ncn2-c2cccc(Cl)c2)N1. The number of fused-ring (bicyclic) bond motifs is 1. The highest BCUT2D eigenvalue weighted by molar-refractivity contribution is 8.00. The fraction of sp³-hybridized carbons (Fsp3) is 0.105. The van der Waals surface area contributed by atoms with Crippen molar-refractivity contribution < 1.29 is 14.7 Å². The molecule has 0 bridgehead atoms. The van der Waals surface area contributed by atoms with Crippen molar-refractivity contribution in [2.45, 2.75) is 5.25 Å². The molecule has 2 N–H and O–H groups in total. The number of benzene rings is 2. The monoisotopic (exact) mass is 399 g/mol. The highest BCUT2D eigenvalue weighted by atomic mass is 35.5. The highest BCUT2D eigenvalue weighted by Crippen LogP contribution is 2.42. The van der Waals surface area contributed by atoms with Crippen LogP contribution in [-0.2, 0) is 4.79 Å². The Kier molecular flexibility index (Phi) is 4.63. The Morgan fingerprint density at radius 1 is 1.26 bits per heavy atom. The van der Waals surface area contributed by atoms with Gasteiger partial charge in [0.1, 0.15) is 6.33 Å². The Balaban J connectivity index is 1.84. The summed E-state index contributed by atoms with van der Waals surface area (Å²) in [6.45, 7) is 0. The summed E-state index contributed by atoms with van der Waals surface area (Å²) in [5.74, 6) is -0.326. The topological polar surface area (TPSA) is 84.2 Å². The second kappa shape index (κ2) is 7.09. The number of aromatic carboxylic acids is 1. The first-order valence-electron chi connectivity index (χ1n) is 8.11. The van der Waals surface area contributed by atoms with Crippen molar-refractivity contribution in [1.29, 1.82) is 0 Å². The van der Waals surface area contributed by atoms with E-state index in [1.165, 1.54) is 11.8 Å². The zero-order valence-electron chi connectivity index (χ0n) is 13.9. The van der Waals surface area contributed by atoms with E-state index in [0.29, 0.717) is 10.8 Å². The first-order chi connectivity index (χ1) is 13.0. The van der Waals surface area contributed by atoms with Crippen LogP contribution in [0.15, 0.2) is 54.9 Å². The van der Waals surface area contributed by atoms with Crippen molar-refractivity contribution in [3.8, 4) is 5.69 Å². The molecule has 2 aromatic carbocycles. The van der Waals surface area contributed by atoms with Crippen LogP contribution in [0.4, 0.5) is 5.82 Å². The van der Waals surface area contributed by atoms with E-state index in [4.69, 9.17) is 16.7 Å². The van der Waals surface area contributed by atoms with Crippen LogP contribution in [-0.4, -0.2) is 32.3 Å². The third-order valence-electron chi connectivity index (χ3n) is 4.24. The van der Waals surface area contributed by atoms with Crippen LogP contribution in [0.2, 0.25) is 5.02 Å². The standard InChI is InChI=1S/C19H14ClN3O3S/c20-13-2-1-3-14(8-13)23-10-21-18-16(23)17(27-9-15(24)22-18)11-4-6-12(7-5-11)19(25)26/h1-8,10,17H,9H2,(H,22,24)(H,25,26)/t17-/m1/s1. The summed E-state index contributed by atoms with van der Waals surface area (Å²) < 4.78 is 1.90. The summed E-state index contributed by atoms with van der Waals surface area (Å²) in [4.78, 5) is 27.6. The molecule has 1 aliphatic heterocycles. The molecule has 6 nitrogen and oxygen atoms in total. The normalized spacial score (nSPS) is 16.3. The number of carbonyl (C=O) groups excluding carboxylic acids is 1. The van der Waals surface area contributed by atoms with Crippen LogP contribution in [0.25, 0.3) is 5.69 Å². The molecule has 0 saturated heterocycles. The third-order valence-corrected chi connectivity index (χ3v) is 5.73. The van der Waals surface area contributed by atoms with Crippen LogP contribution >= 0.6 is 23.4 Å². The minimum absolute atomic E-state index is 0.123. The number of nitrogens with zero attached hydrogens (tertiary/aromatic N) is 2. The van der Waals surface area contributed by atoms with Crippen molar-refractivity contribution >= 4 is 41.1 Å². The van der Waals surface area contributed by atoms with Gasteiger partial charge in [-0.15, -0.1) is 11.8 Å². The lowest BCUT2D eigenvalue weighted by Crippen LogP contribution is -2.12. The molecule has 1 aliphatic rings. The maximum atomic E-state index is 12.1. The number of carboxylic acid groups (broad SMARTS) is 1. The Hall–Kier alpha value is -2.77. The highest BCUT2D eigenvalue weighted by Gasteiger charge is 2.29. The minimum atomic E-state index is -0.975. The van der Waals surface area contributed by atoms with E-state index in [2.05, 4.69) is 10.3 Å². The molecule has 27 heavy (non-hydrogen) atoms. The zero-order valence-corrected chi connectivity index (χ0v) is 15.5. The molecule has 0 aliphatic carbocycles. The Bertz CT molecular complexity index is 1030. The largest absolute Gasteiger partial charge is 0.478 e. The molecule has 3 aromatic rings. The summed E-state index contributed by atoms with van der Waals surface area (Å²) in [5.41, 5.74) is 2.76. The van der Waals surface area contributed by atoms with Crippen molar-refractivity contribution in [1.82, 2.24) is 9.55 Å². The molecule has 1 atom stereocenters. The van der Waals surface area contributed by atoms with Gasteiger partial charge in [-0.1, -0.05) is 29.8 Å². The van der Waals surface area contributed by atoms with Crippen molar-refractivity contribution in [3.63, 3.8) is 0 Å². The van der Waals surface area contributed by atoms with Crippen molar-refractivity contribution in [2.24, 2.45) is 0 Å². The van der Waals surface area contributed by atoms with Gasteiger partial charge in [0.15, 0.2) is 5.82 Å². The number of nitrogens with one attached hydrogen (secondary N) is 1. The van der Waals surface area contributed by atoms with Crippen molar-refractivity contribution in [3.05, 3.63) is 76.7 Å². The molecule has 136 valence electrons. The fourth-order valence-corrected chi connectivity index (χ4v) is 4.30. The summed E-state index contributed by atoms with van der Waals surface area (Å²) in [6.07, 6.45) is 1.65. The first kappa shape index (κ1) is 17.6. The molecule has 1 amide bonds. The van der Waals surface area contributed by atoms with Gasteiger partial charge in [-0.2, -0.15) is 0 Å². The Morgan fingerprint density at radius 3 is 2.74 bits per heavy atom. The maximum Gasteiger partial charge on any atom is 0.335 e. The van der Waals surface area contributed by atoms with E-state index >= 15 is 0 Å². The number of rotatable bonds is 3. The number of hydrogen-bond acceptors (Lipinski definition) is 4. The second-order valence-corrected chi connectivity index (χ2v) is 7.52. The lowest BCUT2D eigenvalue weighted by molar-refractivity contribution is -0.113. The van der Waals surface area contributed by atoms with Gasteiger partial charge in [-0.3, -0.25) is 9.36 Å². The van der Waals surface area contributed by atoms with E-state index in [9.17, 15) is 9.59 Å². The van der Waals surface area contributed by atoms with Gasteiger partial charge < -0.3 is 10.4 Å². The van der Waals surface area contributed by atoms with E-state index < -0.39 is 5.97 Å². The summed E-state index contributed by atoms with van der Waals surface area (Å²) in [5, 5.41) is 12.4. The van der Waals surface area contributed by atoms with E-state index in [-0.39, 0.29) is 22.5 Å². The number of aromatic nitrogens is 2. The smallest absolute Gasteiger partial charge is 0.335 e. The number of anilines is 1. The van der Waals surface area contributed by atoms with Crippen LogP contribution in [0.3, 0.4) is 0 Å². The molecule has 0 spiro atoms. The zero-order chi connectivity index (χ0) is 19.0. The van der Waals surface area contributed by atoms with Gasteiger partial charge in [0.2, 0.25) is 5.91 Å². The summed E-state index contributed by atoms with van der Waals surface area (Å²) >= 11 is 7.60. The quantitative estimate of drug-likeness (QED) is 0.695. The van der Waals surface area contributed by atoms with E-state index in [1.54, 1.807) is 36.7 Å². The molecule has 8 heteroatoms. The van der Waals surface area contributed by atoms with Gasteiger partial charge in [0.25, 0.3) is 0 Å². The maximum absolute atomic E-state index is 12.1. The molecule has 0 unspecified atom stereocenters. The van der Waals surface area contributed by atoms with E-state index in [0.717, 1.165) is 16.9 Å². The van der Waals surface area contributed by atoms with Crippen molar-refractivity contribution in [2.75, 3.05) is 11.1 Å². The first-order valence-corrected chi connectivity index (χ1v) is 9.53. The number of hydrogen-bond donors (Lipinski definition) is 2. The average molecular weight is 400 g/mol. The van der Waals surface area contributed by atoms with Crippen LogP contribution < -0.4 is 5.32 Å². The summed E-state index contributed by atoms with van der Waals surface area (Å²) in [6, 6.07) is 14.1. The Labute approximate surface area is 164 Å². The fourth-order valence-electron chi connectivity index (χ4n) is 3.00. The molecule has 4 rings (SSSR count). The predicted molar refractivity (Wildman–Crippen MR) is 105 cm³/mol. The number of imidazole rings is 1. The molecular formula is C19H14ClN3O3S. The van der Waals surface area contributed by atoms with Gasteiger partial charge in [-0.05, 0) is 35.9 Å². The number of carbonyl (C=O) groups is 2. The molecule has 2 heterocycles. The molecule has 0 saturated carbocycles. The molecule has 0 radical (unpaired) electrons. The van der Waals surface area contributed by atoms with Gasteiger partial charge in [0, 0.05) is 10.7 Å². The molecule has 0 fully saturated rings. The third kappa shape index (κ3) is 3.43. The summed E-state index contributed by atoms with van der Waals surface area (Å²) in [7, 11) is 0. The second-order valence-electron chi connectivity index (χ2n) is 5.99. The van der Waals surface area contributed by atoms with E-state index in [1.807, 2.05) is 22.8 Å². The predicted octanol–water partition coefficient (Wildman–Crippen LogP) is 4.00.